The number of aromatic nitrogens is 2. The predicted molar refractivity (Wildman–Crippen MR) is 115 cm³/mol. The highest BCUT2D eigenvalue weighted by Crippen LogP contribution is 2.27. The Morgan fingerprint density at radius 3 is 2.41 bits per heavy atom. The van der Waals surface area contributed by atoms with Gasteiger partial charge in [-0.25, -0.2) is 4.68 Å². The maximum absolute atomic E-state index is 12.8. The smallest absolute Gasteiger partial charge is 0.255 e. The minimum Gasteiger partial charge on any atom is -0.378 e. The van der Waals surface area contributed by atoms with Gasteiger partial charge in [0.2, 0.25) is 0 Å². The number of anilines is 2. The Morgan fingerprint density at radius 2 is 1.76 bits per heavy atom. The fraction of sp³-hybridized carbons (Fsp3) is 0.273. The average Bonchev–Trinajstić information content (AvgIpc) is 3.02. The van der Waals surface area contributed by atoms with Gasteiger partial charge in [-0.3, -0.25) is 4.79 Å². The molecule has 150 valence electrons. The van der Waals surface area contributed by atoms with Crippen molar-refractivity contribution in [2.75, 3.05) is 36.5 Å². The number of halogens is 1. The van der Waals surface area contributed by atoms with Crippen molar-refractivity contribution in [3.05, 3.63) is 70.5 Å². The third kappa shape index (κ3) is 3.99. The molecular formula is C22H23ClN4O2. The van der Waals surface area contributed by atoms with Gasteiger partial charge in [-0.2, -0.15) is 5.10 Å². The van der Waals surface area contributed by atoms with E-state index in [2.05, 4.69) is 15.3 Å². The second kappa shape index (κ2) is 8.27. The van der Waals surface area contributed by atoms with E-state index in [9.17, 15) is 4.79 Å². The van der Waals surface area contributed by atoms with E-state index in [1.165, 1.54) is 0 Å². The molecule has 1 fully saturated rings. The molecule has 0 atom stereocenters. The summed E-state index contributed by atoms with van der Waals surface area (Å²) in [5.41, 5.74) is 4.92. The second-order valence-corrected chi connectivity index (χ2v) is 7.39. The van der Waals surface area contributed by atoms with Crippen molar-refractivity contribution in [3.63, 3.8) is 0 Å². The van der Waals surface area contributed by atoms with Gasteiger partial charge in [-0.1, -0.05) is 23.7 Å². The van der Waals surface area contributed by atoms with Crippen LogP contribution in [-0.2, 0) is 4.74 Å². The molecule has 0 bridgehead atoms. The number of para-hydroxylation sites is 2. The molecule has 1 saturated heterocycles. The molecule has 6 nitrogen and oxygen atoms in total. The number of nitrogens with one attached hydrogen (secondary N) is 1. The number of hydrogen-bond donors (Lipinski definition) is 1. The highest BCUT2D eigenvalue weighted by atomic mass is 35.5. The van der Waals surface area contributed by atoms with Crippen LogP contribution in [-0.4, -0.2) is 42.0 Å². The van der Waals surface area contributed by atoms with Crippen LogP contribution >= 0.6 is 11.6 Å². The number of aryl methyl sites for hydroxylation is 1. The van der Waals surface area contributed by atoms with Crippen LogP contribution in [0.4, 0.5) is 11.4 Å². The van der Waals surface area contributed by atoms with Gasteiger partial charge in [0.25, 0.3) is 5.91 Å². The fourth-order valence-electron chi connectivity index (χ4n) is 3.48. The molecule has 0 unspecified atom stereocenters. The van der Waals surface area contributed by atoms with Crippen LogP contribution < -0.4 is 10.2 Å². The van der Waals surface area contributed by atoms with Crippen molar-refractivity contribution in [1.82, 2.24) is 9.78 Å². The lowest BCUT2D eigenvalue weighted by atomic mass is 10.1. The zero-order chi connectivity index (χ0) is 20.4. The van der Waals surface area contributed by atoms with Crippen molar-refractivity contribution in [1.29, 1.82) is 0 Å². The summed E-state index contributed by atoms with van der Waals surface area (Å²) in [5.74, 6) is -0.149. The van der Waals surface area contributed by atoms with Crippen molar-refractivity contribution in [3.8, 4) is 5.69 Å². The van der Waals surface area contributed by atoms with Crippen LogP contribution in [0.5, 0.6) is 0 Å². The predicted octanol–water partition coefficient (Wildman–Crippen LogP) is 4.23. The van der Waals surface area contributed by atoms with Crippen molar-refractivity contribution in [2.45, 2.75) is 13.8 Å². The first kappa shape index (κ1) is 19.5. The SMILES string of the molecule is Cc1nn(-c2ccc(C(=O)Nc3ccccc3N3CCOCC3)cc2)c(C)c1Cl. The highest BCUT2D eigenvalue weighted by molar-refractivity contribution is 6.31. The first-order valence-corrected chi connectivity index (χ1v) is 9.97. The maximum Gasteiger partial charge on any atom is 0.255 e. The molecule has 0 saturated carbocycles. The standard InChI is InChI=1S/C22H23ClN4O2/c1-15-21(23)16(2)27(25-15)18-9-7-17(8-10-18)22(28)24-19-5-3-4-6-20(19)26-11-13-29-14-12-26/h3-10H,11-14H2,1-2H3,(H,24,28). The lowest BCUT2D eigenvalue weighted by Crippen LogP contribution is -2.36. The van der Waals surface area contributed by atoms with Crippen molar-refractivity contribution < 1.29 is 9.53 Å². The van der Waals surface area contributed by atoms with E-state index in [1.807, 2.05) is 50.2 Å². The van der Waals surface area contributed by atoms with Gasteiger partial charge >= 0.3 is 0 Å². The summed E-state index contributed by atoms with van der Waals surface area (Å²) in [6.07, 6.45) is 0. The highest BCUT2D eigenvalue weighted by Gasteiger charge is 2.17. The number of morpholine rings is 1. The molecule has 1 aliphatic rings. The van der Waals surface area contributed by atoms with Gasteiger partial charge in [0.15, 0.2) is 0 Å². The number of amides is 1. The van der Waals surface area contributed by atoms with Crippen molar-refractivity contribution >= 4 is 28.9 Å². The molecule has 0 radical (unpaired) electrons. The molecule has 2 heterocycles. The zero-order valence-electron chi connectivity index (χ0n) is 16.5. The summed E-state index contributed by atoms with van der Waals surface area (Å²) in [6, 6.07) is 15.2. The zero-order valence-corrected chi connectivity index (χ0v) is 17.2. The normalized spacial score (nSPS) is 14.1. The lowest BCUT2D eigenvalue weighted by molar-refractivity contribution is 0.102. The van der Waals surface area contributed by atoms with E-state index in [0.717, 1.165) is 41.5 Å². The van der Waals surface area contributed by atoms with Crippen LogP contribution in [0.3, 0.4) is 0 Å². The van der Waals surface area contributed by atoms with Crippen molar-refractivity contribution in [2.24, 2.45) is 0 Å². The quantitative estimate of drug-likeness (QED) is 0.699. The molecule has 1 N–H and O–H groups in total. The molecule has 0 aliphatic carbocycles. The molecular weight excluding hydrogens is 388 g/mol. The van der Waals surface area contributed by atoms with E-state index in [0.29, 0.717) is 23.8 Å². The fourth-order valence-corrected chi connectivity index (χ4v) is 3.60. The summed E-state index contributed by atoms with van der Waals surface area (Å²) in [7, 11) is 0. The minimum atomic E-state index is -0.149. The van der Waals surface area contributed by atoms with E-state index in [-0.39, 0.29) is 5.91 Å². The van der Waals surface area contributed by atoms with Crippen LogP contribution in [0, 0.1) is 13.8 Å². The molecule has 2 aromatic carbocycles. The van der Waals surface area contributed by atoms with E-state index in [4.69, 9.17) is 16.3 Å². The number of carbonyl (C=O) groups excluding carboxylic acids is 1. The monoisotopic (exact) mass is 410 g/mol. The molecule has 1 amide bonds. The first-order valence-electron chi connectivity index (χ1n) is 9.60. The second-order valence-electron chi connectivity index (χ2n) is 7.01. The van der Waals surface area contributed by atoms with E-state index in [1.54, 1.807) is 16.8 Å². The Balaban J connectivity index is 1.53. The van der Waals surface area contributed by atoms with Gasteiger partial charge in [-0.15, -0.1) is 0 Å². The van der Waals surface area contributed by atoms with Gasteiger partial charge < -0.3 is 15.0 Å². The van der Waals surface area contributed by atoms with E-state index >= 15 is 0 Å². The molecule has 1 aliphatic heterocycles. The summed E-state index contributed by atoms with van der Waals surface area (Å²) in [4.78, 5) is 15.1. The number of carbonyl (C=O) groups is 1. The van der Waals surface area contributed by atoms with E-state index < -0.39 is 0 Å². The summed E-state index contributed by atoms with van der Waals surface area (Å²) < 4.78 is 7.22. The Bertz CT molecular complexity index is 1020. The van der Waals surface area contributed by atoms with Gasteiger partial charge in [0, 0.05) is 18.7 Å². The number of nitrogens with zero attached hydrogens (tertiary/aromatic N) is 3. The summed E-state index contributed by atoms with van der Waals surface area (Å²) in [5, 5.41) is 8.16. The third-order valence-corrected chi connectivity index (χ3v) is 5.63. The van der Waals surface area contributed by atoms with Gasteiger partial charge in [0.05, 0.1) is 46.7 Å². The lowest BCUT2D eigenvalue weighted by Gasteiger charge is -2.30. The average molecular weight is 411 g/mol. The minimum absolute atomic E-state index is 0.149. The van der Waals surface area contributed by atoms with Crippen LogP contribution in [0.15, 0.2) is 48.5 Å². The van der Waals surface area contributed by atoms with Gasteiger partial charge in [0.1, 0.15) is 0 Å². The van der Waals surface area contributed by atoms with Crippen LogP contribution in [0.25, 0.3) is 5.69 Å². The molecule has 1 aromatic heterocycles. The number of hydrogen-bond acceptors (Lipinski definition) is 4. The number of benzene rings is 2. The molecule has 4 rings (SSSR count). The first-order chi connectivity index (χ1) is 14.0. The Morgan fingerprint density at radius 1 is 1.07 bits per heavy atom. The maximum atomic E-state index is 12.8. The largest absolute Gasteiger partial charge is 0.378 e. The topological polar surface area (TPSA) is 59.4 Å². The summed E-state index contributed by atoms with van der Waals surface area (Å²) in [6.45, 7) is 6.81. The van der Waals surface area contributed by atoms with Gasteiger partial charge in [-0.05, 0) is 50.2 Å². The summed E-state index contributed by atoms with van der Waals surface area (Å²) >= 11 is 6.24. The Kier molecular flexibility index (Phi) is 5.56. The number of rotatable bonds is 4. The van der Waals surface area contributed by atoms with Crippen LogP contribution in [0.1, 0.15) is 21.7 Å². The Labute approximate surface area is 175 Å². The molecule has 0 spiro atoms. The molecule has 29 heavy (non-hydrogen) atoms. The molecule has 7 heteroatoms. The van der Waals surface area contributed by atoms with Crippen LogP contribution in [0.2, 0.25) is 5.02 Å². The number of ether oxygens (including phenoxy) is 1. The molecule has 3 aromatic rings. The third-order valence-electron chi connectivity index (χ3n) is 5.08. The Hall–Kier alpha value is -2.83.